The number of rotatable bonds is 12. The minimum atomic E-state index is -0.745. The van der Waals surface area contributed by atoms with E-state index in [2.05, 4.69) is 94.2 Å². The van der Waals surface area contributed by atoms with Crippen LogP contribution in [0.15, 0.2) is 111 Å². The van der Waals surface area contributed by atoms with E-state index in [0.717, 1.165) is 51.9 Å². The fraction of sp³-hybridized carbons (Fsp3) is 0.208. The molecule has 368 valence electrons. The van der Waals surface area contributed by atoms with Gasteiger partial charge in [-0.3, -0.25) is 28.8 Å². The van der Waals surface area contributed by atoms with Crippen molar-refractivity contribution in [3.05, 3.63) is 152 Å². The molecule has 0 radical (unpaired) electrons. The van der Waals surface area contributed by atoms with E-state index in [9.17, 15) is 28.8 Å². The van der Waals surface area contributed by atoms with Gasteiger partial charge in [-0.05, 0) is 156 Å². The minimum absolute atomic E-state index is 0.0248. The Kier molecular flexibility index (Phi) is 18.5. The highest BCUT2D eigenvalue weighted by atomic mass is 127. The first kappa shape index (κ1) is 53.3. The number of carbonyl (C=O) groups excluding carboxylic acids is 6. The summed E-state index contributed by atoms with van der Waals surface area (Å²) in [5.74, 6) is 12.1. The van der Waals surface area contributed by atoms with Crippen molar-refractivity contribution < 1.29 is 28.8 Å². The number of benzene rings is 2. The molecule has 2 aliphatic heterocycles. The zero-order valence-corrected chi connectivity index (χ0v) is 43.1. The van der Waals surface area contributed by atoms with E-state index in [0.29, 0.717) is 64.2 Å². The molecule has 0 saturated carbocycles. The number of amides is 5. The highest BCUT2D eigenvalue weighted by molar-refractivity contribution is 14.1. The molecule has 0 spiro atoms. The third-order valence-corrected chi connectivity index (χ3v) is 12.6. The fourth-order valence-electron chi connectivity index (χ4n) is 7.79. The predicted molar refractivity (Wildman–Crippen MR) is 287 cm³/mol. The summed E-state index contributed by atoms with van der Waals surface area (Å²) in [5.41, 5.74) is 14.2. The number of aromatic nitrogens is 6. The third kappa shape index (κ3) is 13.4. The van der Waals surface area contributed by atoms with Crippen molar-refractivity contribution in [1.29, 1.82) is 0 Å². The molecule has 5 amide bonds. The van der Waals surface area contributed by atoms with Crippen LogP contribution in [0.2, 0.25) is 0 Å². The molecule has 71 heavy (non-hydrogen) atoms. The van der Waals surface area contributed by atoms with Gasteiger partial charge in [0.1, 0.15) is 28.8 Å². The number of pyridine rings is 2. The molecule has 6 aromatic rings. The van der Waals surface area contributed by atoms with E-state index < -0.39 is 23.1 Å². The number of nitrogens with two attached hydrogens (primary N) is 4. The van der Waals surface area contributed by atoms with Crippen LogP contribution in [-0.4, -0.2) is 82.1 Å². The van der Waals surface area contributed by atoms with Crippen molar-refractivity contribution in [2.24, 2.45) is 11.5 Å². The molecule has 0 unspecified atom stereocenters. The van der Waals surface area contributed by atoms with Crippen LogP contribution >= 0.6 is 56.8 Å². The molecule has 4 aromatic heterocycles. The normalized spacial score (nSPS) is 15.1. The van der Waals surface area contributed by atoms with Gasteiger partial charge in [-0.1, -0.05) is 43.8 Å². The summed E-state index contributed by atoms with van der Waals surface area (Å²) in [5, 5.41) is 8.39. The Hall–Kier alpha value is -7.03. The van der Waals surface area contributed by atoms with Crippen molar-refractivity contribution in [3.8, 4) is 22.5 Å². The van der Waals surface area contributed by atoms with Gasteiger partial charge >= 0.3 is 0 Å². The van der Waals surface area contributed by atoms with Gasteiger partial charge in [0, 0.05) is 48.3 Å². The molecular formula is C48H49ClI2N14O6. The number of hydrogen-bond acceptors (Lipinski definition) is 13. The van der Waals surface area contributed by atoms with Gasteiger partial charge in [0.15, 0.2) is 17.2 Å². The number of hydrogen-bond donors (Lipinski definition) is 7. The number of likely N-dealkylation sites (tertiary alicyclic amines) is 1. The molecule has 2 atom stereocenters. The summed E-state index contributed by atoms with van der Waals surface area (Å²) >= 11 is 9.00. The number of halogens is 3. The highest BCUT2D eigenvalue weighted by Gasteiger charge is 2.33. The lowest BCUT2D eigenvalue weighted by Crippen LogP contribution is -2.39. The molecule has 23 heteroatoms. The maximum absolute atomic E-state index is 12.6. The van der Waals surface area contributed by atoms with Crippen molar-refractivity contribution in [2.45, 2.75) is 50.6 Å². The van der Waals surface area contributed by atoms with E-state index >= 15 is 0 Å². The van der Waals surface area contributed by atoms with Crippen LogP contribution in [0.3, 0.4) is 0 Å². The Morgan fingerprint density at radius 1 is 0.676 bits per heavy atom. The predicted octanol–water partition coefficient (Wildman–Crippen LogP) is 6.22. The second-order valence-corrected chi connectivity index (χ2v) is 18.7. The van der Waals surface area contributed by atoms with Crippen LogP contribution in [0, 0.1) is 7.14 Å². The maximum atomic E-state index is 12.6. The maximum Gasteiger partial charge on any atom is 0.269 e. The molecule has 8 rings (SSSR count). The Morgan fingerprint density at radius 3 is 1.56 bits per heavy atom. The Balaban J connectivity index is 0.000000213. The largest absolute Gasteiger partial charge is 0.364 e. The van der Waals surface area contributed by atoms with Crippen LogP contribution in [0.5, 0.6) is 0 Å². The zero-order chi connectivity index (χ0) is 51.4. The summed E-state index contributed by atoms with van der Waals surface area (Å²) < 4.78 is 4.36. The standard InChI is InChI=1S/C24H24IN7O3.C21H22IN7O2.C3H3ClO/c1-2-19(33)31-12-4-3-5-17(31)23-30-20(21(22(26)34)32(23)27)14-6-8-15(9-7-14)24(35)29-18-13-16(25)10-11-28-18;22-14-8-10-26-16(11-14)27-21(31)13-6-4-12(5-7-13)17-18(19(23)30)29(24)20(28-17)15-3-1-2-9-25-15;1-2-3(4)5/h2,6-11,13,17H,1,3-5,12,27H2,(H2,26,34)(H,28,29,35);4-8,10-11,15,25H,1-3,9,24H2,(H2,23,30)(H,26,27,31);2H,1H2/t17-;15-;/m00./s1. The Labute approximate surface area is 440 Å². The van der Waals surface area contributed by atoms with Crippen molar-refractivity contribution in [3.63, 3.8) is 0 Å². The second-order valence-electron chi connectivity index (χ2n) is 15.8. The highest BCUT2D eigenvalue weighted by Crippen LogP contribution is 2.34. The fourth-order valence-corrected chi connectivity index (χ4v) is 8.70. The summed E-state index contributed by atoms with van der Waals surface area (Å²) in [6.45, 7) is 8.07. The number of carbonyl (C=O) groups is 6. The summed E-state index contributed by atoms with van der Waals surface area (Å²) in [7, 11) is 0. The van der Waals surface area contributed by atoms with Gasteiger partial charge < -0.3 is 44.0 Å². The Morgan fingerprint density at radius 2 is 1.14 bits per heavy atom. The lowest BCUT2D eigenvalue weighted by atomic mass is 10.0. The monoisotopic (exact) mass is 1210 g/mol. The molecule has 2 aromatic carbocycles. The zero-order valence-electron chi connectivity index (χ0n) is 38.0. The van der Waals surface area contributed by atoms with Crippen LogP contribution < -0.4 is 39.1 Å². The lowest BCUT2D eigenvalue weighted by molar-refractivity contribution is -0.130. The van der Waals surface area contributed by atoms with Crippen LogP contribution in [-0.2, 0) is 9.59 Å². The number of nitrogens with one attached hydrogen (secondary N) is 3. The number of anilines is 2. The lowest BCUT2D eigenvalue weighted by Gasteiger charge is -2.34. The second kappa shape index (κ2) is 24.7. The van der Waals surface area contributed by atoms with Gasteiger partial charge in [0.2, 0.25) is 11.1 Å². The van der Waals surface area contributed by atoms with Crippen LogP contribution in [0.1, 0.15) is 104 Å². The average molecular weight is 1210 g/mol. The first-order chi connectivity index (χ1) is 34.0. The molecular weight excluding hydrogens is 1160 g/mol. The van der Waals surface area contributed by atoms with E-state index in [1.807, 2.05) is 12.1 Å². The molecule has 2 saturated heterocycles. The summed E-state index contributed by atoms with van der Waals surface area (Å²) in [6.07, 6.45) is 11.0. The van der Waals surface area contributed by atoms with Gasteiger partial charge in [-0.2, -0.15) is 0 Å². The van der Waals surface area contributed by atoms with Crippen LogP contribution in [0.4, 0.5) is 11.6 Å². The topological polar surface area (TPSA) is 307 Å². The van der Waals surface area contributed by atoms with Gasteiger partial charge in [0.05, 0.1) is 12.1 Å². The first-order valence-electron chi connectivity index (χ1n) is 21.9. The number of piperidine rings is 2. The number of imidazole rings is 2. The van der Waals surface area contributed by atoms with Gasteiger partial charge in [-0.25, -0.2) is 29.3 Å². The van der Waals surface area contributed by atoms with Crippen molar-refractivity contribution in [2.75, 3.05) is 35.4 Å². The SMILES string of the molecule is C=CC(=O)Cl.C=CC(=O)N1CCCC[C@H]1c1nc(-c2ccc(C(=O)Nc3cc(I)ccn3)cc2)c(C(N)=O)n1N.NC(=O)c1c(-c2ccc(C(=O)Nc3cc(I)ccn3)cc2)nc([C@@H]2CCCCN2)n1N. The number of allylic oxidation sites excluding steroid dienone is 1. The molecule has 6 heterocycles. The third-order valence-electron chi connectivity index (χ3n) is 11.2. The van der Waals surface area contributed by atoms with E-state index in [1.54, 1.807) is 78.0 Å². The summed E-state index contributed by atoms with van der Waals surface area (Å²) in [4.78, 5) is 90.6. The molecule has 0 bridgehead atoms. The van der Waals surface area contributed by atoms with Gasteiger partial charge in [0.25, 0.3) is 23.6 Å². The summed E-state index contributed by atoms with van der Waals surface area (Å²) in [6, 6.07) is 20.1. The van der Waals surface area contributed by atoms with Crippen molar-refractivity contribution >= 4 is 103 Å². The minimum Gasteiger partial charge on any atom is -0.364 e. The quantitative estimate of drug-likeness (QED) is 0.0310. The van der Waals surface area contributed by atoms with Gasteiger partial charge in [-0.15, -0.1) is 0 Å². The molecule has 0 aliphatic carbocycles. The number of nitrogen functional groups attached to an aromatic ring is 2. The average Bonchev–Trinajstić information content (AvgIpc) is 3.91. The molecule has 2 fully saturated rings. The van der Waals surface area contributed by atoms with E-state index in [1.165, 1.54) is 15.4 Å². The Bertz CT molecular complexity index is 2970. The molecule has 11 N–H and O–H groups in total. The number of nitrogens with zero attached hydrogens (tertiary/aromatic N) is 7. The van der Waals surface area contributed by atoms with E-state index in [-0.39, 0.29) is 40.8 Å². The molecule has 20 nitrogen and oxygen atoms in total. The first-order valence-corrected chi connectivity index (χ1v) is 24.4. The van der Waals surface area contributed by atoms with Crippen LogP contribution in [0.25, 0.3) is 22.5 Å². The smallest absolute Gasteiger partial charge is 0.269 e. The molecule has 2 aliphatic rings. The number of primary amides is 2. The van der Waals surface area contributed by atoms with E-state index in [4.69, 9.17) is 34.8 Å². The van der Waals surface area contributed by atoms with Crippen molar-refractivity contribution in [1.82, 2.24) is 39.5 Å².